The van der Waals surface area contributed by atoms with Crippen molar-refractivity contribution < 1.29 is 18.9 Å². The number of piperidine rings is 1. The Morgan fingerprint density at radius 1 is 1.23 bits per heavy atom. The number of hydrogen-bond donors (Lipinski definition) is 1. The lowest BCUT2D eigenvalue weighted by molar-refractivity contribution is -0.0721. The summed E-state index contributed by atoms with van der Waals surface area (Å²) in [6.45, 7) is 6.24. The van der Waals surface area contributed by atoms with Crippen LogP contribution in [0, 0.1) is 0 Å². The zero-order valence-corrected chi connectivity index (χ0v) is 18.6. The second kappa shape index (κ2) is 12.0. The number of likely N-dealkylation sites (tertiary alicyclic amines) is 1. The lowest BCUT2D eigenvalue weighted by Gasteiger charge is -2.35. The Balaban J connectivity index is 1.36. The van der Waals surface area contributed by atoms with E-state index in [2.05, 4.69) is 15.2 Å². The molecule has 1 aromatic carbocycles. The standard InChI is InChI=1S/C23H37N3O4/c1-18(30-21-9-6-8-20(15-21)27-3)16-25-23(24-2)26-12-10-19(11-13-26)29-17-22-7-4-5-14-28-22/h6,8-9,15,18-19,22H,4-5,7,10-14,16-17H2,1-3H3,(H,24,25). The van der Waals surface area contributed by atoms with Crippen LogP contribution >= 0.6 is 0 Å². The molecule has 2 fully saturated rings. The Hall–Kier alpha value is -1.99. The zero-order valence-electron chi connectivity index (χ0n) is 18.6. The van der Waals surface area contributed by atoms with E-state index >= 15 is 0 Å². The van der Waals surface area contributed by atoms with Crippen molar-refractivity contribution in [3.63, 3.8) is 0 Å². The van der Waals surface area contributed by atoms with Crippen LogP contribution in [0.25, 0.3) is 0 Å². The molecule has 3 rings (SSSR count). The number of rotatable bonds is 8. The second-order valence-corrected chi connectivity index (χ2v) is 8.04. The number of methoxy groups -OCH3 is 1. The molecule has 0 saturated carbocycles. The summed E-state index contributed by atoms with van der Waals surface area (Å²) < 4.78 is 23.1. The smallest absolute Gasteiger partial charge is 0.193 e. The van der Waals surface area contributed by atoms with Gasteiger partial charge in [0.15, 0.2) is 5.96 Å². The van der Waals surface area contributed by atoms with Gasteiger partial charge in [-0.1, -0.05) is 6.07 Å². The monoisotopic (exact) mass is 419 g/mol. The molecule has 2 saturated heterocycles. The molecule has 0 aromatic heterocycles. The van der Waals surface area contributed by atoms with Crippen LogP contribution in [0.2, 0.25) is 0 Å². The highest BCUT2D eigenvalue weighted by Gasteiger charge is 2.24. The van der Waals surface area contributed by atoms with Gasteiger partial charge in [-0.25, -0.2) is 0 Å². The number of nitrogens with zero attached hydrogens (tertiary/aromatic N) is 2. The Kier molecular flexibility index (Phi) is 9.08. The van der Waals surface area contributed by atoms with Crippen LogP contribution in [0.1, 0.15) is 39.0 Å². The molecule has 2 atom stereocenters. The van der Waals surface area contributed by atoms with Crippen LogP contribution in [-0.4, -0.2) is 76.2 Å². The highest BCUT2D eigenvalue weighted by atomic mass is 16.5. The van der Waals surface area contributed by atoms with Crippen molar-refractivity contribution in [1.29, 1.82) is 0 Å². The second-order valence-electron chi connectivity index (χ2n) is 8.04. The number of ether oxygens (including phenoxy) is 4. The molecule has 1 aromatic rings. The maximum atomic E-state index is 6.13. The largest absolute Gasteiger partial charge is 0.497 e. The van der Waals surface area contributed by atoms with Crippen LogP contribution < -0.4 is 14.8 Å². The van der Waals surface area contributed by atoms with Crippen LogP contribution in [0.4, 0.5) is 0 Å². The summed E-state index contributed by atoms with van der Waals surface area (Å²) in [7, 11) is 3.49. The molecule has 2 aliphatic heterocycles. The van der Waals surface area contributed by atoms with E-state index < -0.39 is 0 Å². The lowest BCUT2D eigenvalue weighted by Crippen LogP contribution is -2.49. The molecule has 30 heavy (non-hydrogen) atoms. The predicted octanol–water partition coefficient (Wildman–Crippen LogP) is 3.09. The number of guanidine groups is 1. The van der Waals surface area contributed by atoms with Crippen molar-refractivity contribution >= 4 is 5.96 Å². The van der Waals surface area contributed by atoms with Gasteiger partial charge in [0.1, 0.15) is 17.6 Å². The minimum Gasteiger partial charge on any atom is -0.497 e. The van der Waals surface area contributed by atoms with E-state index in [9.17, 15) is 0 Å². The molecular weight excluding hydrogens is 382 g/mol. The van der Waals surface area contributed by atoms with E-state index in [4.69, 9.17) is 18.9 Å². The molecule has 0 bridgehead atoms. The van der Waals surface area contributed by atoms with Crippen molar-refractivity contribution in [3.8, 4) is 11.5 Å². The molecule has 0 spiro atoms. The van der Waals surface area contributed by atoms with Crippen molar-refractivity contribution in [1.82, 2.24) is 10.2 Å². The maximum Gasteiger partial charge on any atom is 0.193 e. The minimum absolute atomic E-state index is 0.00483. The summed E-state index contributed by atoms with van der Waals surface area (Å²) in [6.07, 6.45) is 6.22. The minimum atomic E-state index is 0.00483. The van der Waals surface area contributed by atoms with Crippen molar-refractivity contribution in [2.24, 2.45) is 4.99 Å². The highest BCUT2D eigenvalue weighted by molar-refractivity contribution is 5.80. The third kappa shape index (κ3) is 7.06. The van der Waals surface area contributed by atoms with Crippen molar-refractivity contribution in [2.45, 2.75) is 57.3 Å². The predicted molar refractivity (Wildman–Crippen MR) is 119 cm³/mol. The fourth-order valence-corrected chi connectivity index (χ4v) is 3.93. The van der Waals surface area contributed by atoms with Crippen LogP contribution in [0.5, 0.6) is 11.5 Å². The summed E-state index contributed by atoms with van der Waals surface area (Å²) >= 11 is 0. The van der Waals surface area contributed by atoms with Gasteiger partial charge in [-0.2, -0.15) is 0 Å². The summed E-state index contributed by atoms with van der Waals surface area (Å²) in [4.78, 5) is 6.76. The highest BCUT2D eigenvalue weighted by Crippen LogP contribution is 2.20. The van der Waals surface area contributed by atoms with Crippen LogP contribution in [-0.2, 0) is 9.47 Å². The first-order valence-electron chi connectivity index (χ1n) is 11.2. The van der Waals surface area contributed by atoms with Gasteiger partial charge in [0.2, 0.25) is 0 Å². The Labute approximate surface area is 180 Å². The van der Waals surface area contributed by atoms with E-state index in [1.807, 2.05) is 38.2 Å². The van der Waals surface area contributed by atoms with Gasteiger partial charge < -0.3 is 29.2 Å². The zero-order chi connectivity index (χ0) is 21.2. The average molecular weight is 420 g/mol. The van der Waals surface area contributed by atoms with E-state index in [1.54, 1.807) is 7.11 Å². The summed E-state index contributed by atoms with van der Waals surface area (Å²) in [6, 6.07) is 7.68. The Morgan fingerprint density at radius 3 is 2.73 bits per heavy atom. The number of aliphatic imine (C=N–C) groups is 1. The maximum absolute atomic E-state index is 6.13. The Morgan fingerprint density at radius 2 is 2.03 bits per heavy atom. The SMILES string of the molecule is CN=C(NCC(C)Oc1cccc(OC)c1)N1CCC(OCC2CCCCO2)CC1. The third-order valence-corrected chi connectivity index (χ3v) is 5.67. The molecule has 0 amide bonds. The molecule has 0 radical (unpaired) electrons. The van der Waals surface area contributed by atoms with Crippen LogP contribution in [0.15, 0.2) is 29.3 Å². The molecule has 2 aliphatic rings. The van der Waals surface area contributed by atoms with Crippen molar-refractivity contribution in [2.75, 3.05) is 47.0 Å². The van der Waals surface area contributed by atoms with E-state index in [0.717, 1.165) is 63.0 Å². The molecule has 0 aliphatic carbocycles. The first-order chi connectivity index (χ1) is 14.7. The summed E-state index contributed by atoms with van der Waals surface area (Å²) in [5.41, 5.74) is 0. The van der Waals surface area contributed by atoms with Gasteiger partial charge in [-0.3, -0.25) is 4.99 Å². The van der Waals surface area contributed by atoms with Gasteiger partial charge in [0.25, 0.3) is 0 Å². The number of benzene rings is 1. The number of nitrogens with one attached hydrogen (secondary N) is 1. The normalized spacial score (nSPS) is 21.9. The molecule has 2 heterocycles. The molecule has 1 N–H and O–H groups in total. The van der Waals surface area contributed by atoms with Gasteiger partial charge >= 0.3 is 0 Å². The molecule has 7 heteroatoms. The van der Waals surface area contributed by atoms with Gasteiger partial charge in [-0.15, -0.1) is 0 Å². The van der Waals surface area contributed by atoms with E-state index in [-0.39, 0.29) is 12.2 Å². The average Bonchev–Trinajstić information content (AvgIpc) is 2.79. The van der Waals surface area contributed by atoms with Gasteiger partial charge in [-0.05, 0) is 51.2 Å². The fraction of sp³-hybridized carbons (Fsp3) is 0.696. The fourth-order valence-electron chi connectivity index (χ4n) is 3.93. The summed E-state index contributed by atoms with van der Waals surface area (Å²) in [5.74, 6) is 2.52. The quantitative estimate of drug-likeness (QED) is 0.516. The van der Waals surface area contributed by atoms with E-state index in [1.165, 1.54) is 12.8 Å². The van der Waals surface area contributed by atoms with Gasteiger partial charge in [0, 0.05) is 32.8 Å². The van der Waals surface area contributed by atoms with E-state index in [0.29, 0.717) is 12.6 Å². The first kappa shape index (κ1) is 22.7. The molecule has 168 valence electrons. The lowest BCUT2D eigenvalue weighted by atomic mass is 10.1. The summed E-state index contributed by atoms with van der Waals surface area (Å²) in [5, 5.41) is 3.45. The molecule has 7 nitrogen and oxygen atoms in total. The Bertz CT molecular complexity index is 656. The van der Waals surface area contributed by atoms with Crippen molar-refractivity contribution in [3.05, 3.63) is 24.3 Å². The third-order valence-electron chi connectivity index (χ3n) is 5.67. The first-order valence-corrected chi connectivity index (χ1v) is 11.2. The molecule has 2 unspecified atom stereocenters. The van der Waals surface area contributed by atoms with Gasteiger partial charge in [0.05, 0.1) is 32.5 Å². The topological polar surface area (TPSA) is 64.6 Å². The van der Waals surface area contributed by atoms with Crippen LogP contribution in [0.3, 0.4) is 0 Å². The number of hydrogen-bond acceptors (Lipinski definition) is 5. The molecular formula is C23H37N3O4.